The highest BCUT2D eigenvalue weighted by Gasteiger charge is 2.23. The smallest absolute Gasteiger partial charge is 0.243 e. The van der Waals surface area contributed by atoms with Gasteiger partial charge in [0.15, 0.2) is 10.6 Å². The minimum atomic E-state index is -0.669. The molecule has 0 aromatic carbocycles. The third-order valence-electron chi connectivity index (χ3n) is 1.65. The van der Waals surface area contributed by atoms with Crippen LogP contribution in [0.2, 0.25) is 0 Å². The van der Waals surface area contributed by atoms with Crippen molar-refractivity contribution in [2.75, 3.05) is 13.1 Å². The number of halogens is 1. The monoisotopic (exact) mass is 235 g/mol. The van der Waals surface area contributed by atoms with Crippen LogP contribution in [0.5, 0.6) is 0 Å². The molecule has 0 bridgehead atoms. The number of ketones is 1. The zero-order valence-electron chi connectivity index (χ0n) is 7.63. The second kappa shape index (κ2) is 5.30. The van der Waals surface area contributed by atoms with E-state index >= 15 is 0 Å². The van der Waals surface area contributed by atoms with E-state index < -0.39 is 4.83 Å². The number of alkyl halides is 1. The molecule has 4 heteroatoms. The summed E-state index contributed by atoms with van der Waals surface area (Å²) in [5, 5.41) is 0. The van der Waals surface area contributed by atoms with E-state index in [9.17, 15) is 9.59 Å². The van der Waals surface area contributed by atoms with Gasteiger partial charge in [0.25, 0.3) is 0 Å². The molecule has 3 nitrogen and oxygen atoms in total. The fourth-order valence-corrected chi connectivity index (χ4v) is 1.16. The summed E-state index contributed by atoms with van der Waals surface area (Å²) in [7, 11) is 0. The Morgan fingerprint density at radius 2 is 1.75 bits per heavy atom. The number of amides is 1. The first-order valence-corrected chi connectivity index (χ1v) is 4.89. The van der Waals surface area contributed by atoms with Crippen molar-refractivity contribution < 1.29 is 9.59 Å². The van der Waals surface area contributed by atoms with Crippen LogP contribution in [-0.4, -0.2) is 34.5 Å². The van der Waals surface area contributed by atoms with Gasteiger partial charge < -0.3 is 4.90 Å². The topological polar surface area (TPSA) is 37.4 Å². The predicted molar refractivity (Wildman–Crippen MR) is 51.3 cm³/mol. The van der Waals surface area contributed by atoms with E-state index in [1.807, 2.05) is 13.8 Å². The van der Waals surface area contributed by atoms with Crippen molar-refractivity contribution in [3.05, 3.63) is 0 Å². The van der Waals surface area contributed by atoms with Gasteiger partial charge >= 0.3 is 0 Å². The maximum atomic E-state index is 11.4. The van der Waals surface area contributed by atoms with Crippen LogP contribution < -0.4 is 0 Å². The van der Waals surface area contributed by atoms with E-state index in [1.54, 1.807) is 4.90 Å². The van der Waals surface area contributed by atoms with Gasteiger partial charge in [-0.1, -0.05) is 15.9 Å². The molecule has 0 saturated carbocycles. The second-order valence-electron chi connectivity index (χ2n) is 2.48. The SMILES string of the molecule is CCN(CC)C(=O)C(Br)C(C)=O. The lowest BCUT2D eigenvalue weighted by molar-refractivity contribution is -0.133. The van der Waals surface area contributed by atoms with Crippen LogP contribution >= 0.6 is 15.9 Å². The highest BCUT2D eigenvalue weighted by atomic mass is 79.9. The first kappa shape index (κ1) is 11.6. The Kier molecular flexibility index (Phi) is 5.13. The highest BCUT2D eigenvalue weighted by Crippen LogP contribution is 2.05. The average molecular weight is 236 g/mol. The minimum absolute atomic E-state index is 0.146. The van der Waals surface area contributed by atoms with Crippen molar-refractivity contribution in [2.45, 2.75) is 25.6 Å². The molecule has 1 amide bonds. The molecule has 0 aliphatic carbocycles. The van der Waals surface area contributed by atoms with Gasteiger partial charge in [-0.05, 0) is 20.8 Å². The zero-order valence-corrected chi connectivity index (χ0v) is 9.22. The van der Waals surface area contributed by atoms with Gasteiger partial charge in [0.2, 0.25) is 5.91 Å². The van der Waals surface area contributed by atoms with Crippen LogP contribution in [0.4, 0.5) is 0 Å². The van der Waals surface area contributed by atoms with Crippen LogP contribution in [0.25, 0.3) is 0 Å². The maximum absolute atomic E-state index is 11.4. The molecule has 0 fully saturated rings. The van der Waals surface area contributed by atoms with E-state index in [2.05, 4.69) is 15.9 Å². The quantitative estimate of drug-likeness (QED) is 0.543. The van der Waals surface area contributed by atoms with Gasteiger partial charge in [-0.2, -0.15) is 0 Å². The Morgan fingerprint density at radius 3 is 2.00 bits per heavy atom. The van der Waals surface area contributed by atoms with Crippen LogP contribution in [0.3, 0.4) is 0 Å². The molecule has 0 aliphatic heterocycles. The van der Waals surface area contributed by atoms with Crippen LogP contribution in [0, 0.1) is 0 Å². The zero-order chi connectivity index (χ0) is 9.72. The second-order valence-corrected chi connectivity index (χ2v) is 3.40. The standard InChI is InChI=1S/C8H14BrNO2/c1-4-10(5-2)8(12)7(9)6(3)11/h7H,4-5H2,1-3H3. The summed E-state index contributed by atoms with van der Waals surface area (Å²) >= 11 is 3.05. The average Bonchev–Trinajstić information content (AvgIpc) is 2.05. The molecular formula is C8H14BrNO2. The molecule has 0 radical (unpaired) electrons. The molecule has 12 heavy (non-hydrogen) atoms. The number of nitrogens with zero attached hydrogens (tertiary/aromatic N) is 1. The first-order valence-electron chi connectivity index (χ1n) is 3.97. The summed E-state index contributed by atoms with van der Waals surface area (Å²) in [6.07, 6.45) is 0. The number of hydrogen-bond donors (Lipinski definition) is 0. The Hall–Kier alpha value is -0.380. The summed E-state index contributed by atoms with van der Waals surface area (Å²) in [5.74, 6) is -0.292. The fourth-order valence-electron chi connectivity index (χ4n) is 0.869. The predicted octanol–water partition coefficient (Wildman–Crippen LogP) is 1.21. The lowest BCUT2D eigenvalue weighted by Gasteiger charge is -2.20. The molecule has 0 heterocycles. The van der Waals surface area contributed by atoms with E-state index in [-0.39, 0.29) is 11.7 Å². The fraction of sp³-hybridized carbons (Fsp3) is 0.750. The molecule has 0 aliphatic rings. The van der Waals surface area contributed by atoms with E-state index in [1.165, 1.54) is 6.92 Å². The van der Waals surface area contributed by atoms with E-state index in [0.29, 0.717) is 13.1 Å². The molecule has 0 aromatic heterocycles. The molecule has 1 atom stereocenters. The lowest BCUT2D eigenvalue weighted by Crippen LogP contribution is -2.39. The van der Waals surface area contributed by atoms with Crippen molar-refractivity contribution >= 4 is 27.6 Å². The van der Waals surface area contributed by atoms with Gasteiger partial charge in [0, 0.05) is 13.1 Å². The van der Waals surface area contributed by atoms with Crippen LogP contribution in [0.15, 0.2) is 0 Å². The number of carbonyl (C=O) groups is 2. The molecule has 70 valence electrons. The molecule has 1 unspecified atom stereocenters. The molecule has 0 aromatic rings. The molecular weight excluding hydrogens is 222 g/mol. The van der Waals surface area contributed by atoms with Gasteiger partial charge in [0.05, 0.1) is 0 Å². The Morgan fingerprint density at radius 1 is 1.33 bits per heavy atom. The molecule has 0 saturated heterocycles. The maximum Gasteiger partial charge on any atom is 0.243 e. The lowest BCUT2D eigenvalue weighted by atomic mass is 10.3. The summed E-state index contributed by atoms with van der Waals surface area (Å²) < 4.78 is 0. The Bertz CT molecular complexity index is 178. The van der Waals surface area contributed by atoms with Crippen LogP contribution in [-0.2, 0) is 9.59 Å². The third kappa shape index (κ3) is 2.93. The van der Waals surface area contributed by atoms with E-state index in [4.69, 9.17) is 0 Å². The van der Waals surface area contributed by atoms with Gasteiger partial charge in [-0.3, -0.25) is 9.59 Å². The van der Waals surface area contributed by atoms with Gasteiger partial charge in [-0.25, -0.2) is 0 Å². The van der Waals surface area contributed by atoms with Crippen molar-refractivity contribution in [3.63, 3.8) is 0 Å². The number of hydrogen-bond acceptors (Lipinski definition) is 2. The molecule has 0 rings (SSSR count). The molecule has 0 spiro atoms. The molecule has 0 N–H and O–H groups in total. The normalized spacial score (nSPS) is 12.3. The van der Waals surface area contributed by atoms with Crippen molar-refractivity contribution in [2.24, 2.45) is 0 Å². The van der Waals surface area contributed by atoms with Gasteiger partial charge in [-0.15, -0.1) is 0 Å². The Balaban J connectivity index is 4.25. The van der Waals surface area contributed by atoms with E-state index in [0.717, 1.165) is 0 Å². The first-order chi connectivity index (χ1) is 5.54. The summed E-state index contributed by atoms with van der Waals surface area (Å²) in [6, 6.07) is 0. The van der Waals surface area contributed by atoms with Crippen LogP contribution in [0.1, 0.15) is 20.8 Å². The van der Waals surface area contributed by atoms with Crippen molar-refractivity contribution in [1.29, 1.82) is 0 Å². The number of rotatable bonds is 4. The third-order valence-corrected chi connectivity index (χ3v) is 2.69. The van der Waals surface area contributed by atoms with Crippen molar-refractivity contribution in [3.8, 4) is 0 Å². The highest BCUT2D eigenvalue weighted by molar-refractivity contribution is 9.10. The summed E-state index contributed by atoms with van der Waals surface area (Å²) in [4.78, 5) is 23.2. The summed E-state index contributed by atoms with van der Waals surface area (Å²) in [5.41, 5.74) is 0. The summed E-state index contributed by atoms with van der Waals surface area (Å²) in [6.45, 7) is 6.47. The van der Waals surface area contributed by atoms with Gasteiger partial charge in [0.1, 0.15) is 0 Å². The number of carbonyl (C=O) groups excluding carboxylic acids is 2. The minimum Gasteiger partial charge on any atom is -0.342 e. The number of Topliss-reactive ketones (excluding diaryl/α,β-unsaturated/α-hetero) is 1. The largest absolute Gasteiger partial charge is 0.342 e. The Labute approximate surface area is 81.2 Å². The van der Waals surface area contributed by atoms with Crippen molar-refractivity contribution in [1.82, 2.24) is 4.90 Å².